The van der Waals surface area contributed by atoms with Gasteiger partial charge in [-0.05, 0) is 42.8 Å². The zero-order valence-electron chi connectivity index (χ0n) is 17.0. The van der Waals surface area contributed by atoms with Crippen LogP contribution in [0.1, 0.15) is 16.1 Å². The fourth-order valence-corrected chi connectivity index (χ4v) is 2.81. The van der Waals surface area contributed by atoms with Gasteiger partial charge in [-0.3, -0.25) is 4.79 Å². The average Bonchev–Trinajstić information content (AvgIpc) is 3.22. The lowest BCUT2D eigenvalue weighted by Crippen LogP contribution is -2.31. The van der Waals surface area contributed by atoms with E-state index in [1.165, 1.54) is 0 Å². The fourth-order valence-electron chi connectivity index (χ4n) is 2.81. The Morgan fingerprint density at radius 1 is 1.07 bits per heavy atom. The van der Waals surface area contributed by atoms with E-state index in [1.54, 1.807) is 50.4 Å². The molecule has 0 atom stereocenters. The number of aryl methyl sites for hydroxylation is 1. The summed E-state index contributed by atoms with van der Waals surface area (Å²) in [5.74, 6) is 2.19. The Kier molecular flexibility index (Phi) is 6.39. The van der Waals surface area contributed by atoms with E-state index in [1.807, 2.05) is 31.2 Å². The van der Waals surface area contributed by atoms with Crippen LogP contribution in [-0.2, 0) is 0 Å². The number of carbonyl (C=O) groups excluding carboxylic acids is 1. The van der Waals surface area contributed by atoms with Gasteiger partial charge in [0.05, 0.1) is 26.3 Å². The zero-order valence-corrected chi connectivity index (χ0v) is 17.0. The van der Waals surface area contributed by atoms with Crippen molar-refractivity contribution in [3.05, 3.63) is 59.8 Å². The van der Waals surface area contributed by atoms with Crippen molar-refractivity contribution in [3.63, 3.8) is 0 Å². The van der Waals surface area contributed by atoms with Gasteiger partial charge in [0.25, 0.3) is 5.91 Å². The summed E-state index contributed by atoms with van der Waals surface area (Å²) in [6.07, 6.45) is 0. The summed E-state index contributed by atoms with van der Waals surface area (Å²) in [7, 11) is 4.84. The molecule has 1 amide bonds. The minimum atomic E-state index is -0.255. The van der Waals surface area contributed by atoms with Crippen LogP contribution in [0, 0.1) is 6.92 Å². The Hall–Kier alpha value is -3.48. The van der Waals surface area contributed by atoms with Crippen molar-refractivity contribution in [2.75, 3.05) is 34.4 Å². The van der Waals surface area contributed by atoms with Crippen LogP contribution < -0.4 is 14.2 Å². The van der Waals surface area contributed by atoms with Crippen molar-refractivity contribution in [2.24, 2.45) is 0 Å². The number of methoxy groups -OCH3 is 2. The molecule has 0 aliphatic rings. The van der Waals surface area contributed by atoms with Crippen LogP contribution in [0.5, 0.6) is 17.2 Å². The summed E-state index contributed by atoms with van der Waals surface area (Å²) in [6.45, 7) is 2.79. The molecule has 0 spiro atoms. The minimum absolute atomic E-state index is 0.211. The summed E-state index contributed by atoms with van der Waals surface area (Å²) < 4.78 is 21.7. The Morgan fingerprint density at radius 3 is 2.62 bits per heavy atom. The van der Waals surface area contributed by atoms with E-state index in [0.29, 0.717) is 36.0 Å². The van der Waals surface area contributed by atoms with Crippen molar-refractivity contribution in [2.45, 2.75) is 6.92 Å². The second-order valence-electron chi connectivity index (χ2n) is 6.53. The van der Waals surface area contributed by atoms with Gasteiger partial charge in [0, 0.05) is 13.1 Å². The largest absolute Gasteiger partial charge is 0.497 e. The summed E-state index contributed by atoms with van der Waals surface area (Å²) in [4.78, 5) is 14.2. The molecule has 29 heavy (non-hydrogen) atoms. The Morgan fingerprint density at radius 2 is 1.90 bits per heavy atom. The van der Waals surface area contributed by atoms with Crippen molar-refractivity contribution < 1.29 is 23.5 Å². The number of likely N-dealkylation sites (N-methyl/N-ethyl adjacent to an activating group) is 1. The first-order valence-corrected chi connectivity index (χ1v) is 9.16. The van der Waals surface area contributed by atoms with Crippen LogP contribution >= 0.6 is 0 Å². The van der Waals surface area contributed by atoms with E-state index in [4.69, 9.17) is 18.7 Å². The van der Waals surface area contributed by atoms with Gasteiger partial charge in [-0.25, -0.2) is 0 Å². The lowest BCUT2D eigenvalue weighted by Gasteiger charge is -2.16. The average molecular weight is 396 g/mol. The smallest absolute Gasteiger partial charge is 0.275 e. The van der Waals surface area contributed by atoms with Crippen LogP contribution in [0.25, 0.3) is 11.3 Å². The van der Waals surface area contributed by atoms with E-state index in [2.05, 4.69) is 5.16 Å². The van der Waals surface area contributed by atoms with Gasteiger partial charge in [0.2, 0.25) is 0 Å². The number of carbonyl (C=O) groups is 1. The molecule has 0 N–H and O–H groups in total. The number of hydrogen-bond donors (Lipinski definition) is 0. The summed E-state index contributed by atoms with van der Waals surface area (Å²) in [5, 5.41) is 3.92. The normalized spacial score (nSPS) is 10.5. The van der Waals surface area contributed by atoms with E-state index >= 15 is 0 Å². The number of rotatable bonds is 8. The molecule has 0 saturated heterocycles. The number of amides is 1. The van der Waals surface area contributed by atoms with E-state index < -0.39 is 0 Å². The molecule has 0 radical (unpaired) electrons. The maximum absolute atomic E-state index is 12.7. The van der Waals surface area contributed by atoms with Gasteiger partial charge in [0.1, 0.15) is 23.9 Å². The monoisotopic (exact) mass is 396 g/mol. The second kappa shape index (κ2) is 9.14. The minimum Gasteiger partial charge on any atom is -0.497 e. The first-order chi connectivity index (χ1) is 14.0. The summed E-state index contributed by atoms with van der Waals surface area (Å²) in [6, 6.07) is 14.7. The predicted octanol–water partition coefficient (Wildman–Crippen LogP) is 3.82. The third-order valence-corrected chi connectivity index (χ3v) is 4.43. The molecule has 1 heterocycles. The lowest BCUT2D eigenvalue weighted by molar-refractivity contribution is 0.0763. The molecule has 3 rings (SSSR count). The third kappa shape index (κ3) is 4.87. The second-order valence-corrected chi connectivity index (χ2v) is 6.53. The molecule has 1 aromatic heterocycles. The maximum Gasteiger partial charge on any atom is 0.275 e. The maximum atomic E-state index is 12.7. The predicted molar refractivity (Wildman–Crippen MR) is 109 cm³/mol. The molecule has 0 bridgehead atoms. The molecule has 7 nitrogen and oxygen atoms in total. The molecule has 0 fully saturated rings. The molecular weight excluding hydrogens is 372 g/mol. The van der Waals surface area contributed by atoms with Gasteiger partial charge < -0.3 is 23.6 Å². The molecular formula is C22H24N2O5. The van der Waals surface area contributed by atoms with Crippen molar-refractivity contribution in [1.29, 1.82) is 0 Å². The number of benzene rings is 2. The topological polar surface area (TPSA) is 74.0 Å². The summed E-state index contributed by atoms with van der Waals surface area (Å²) in [5.41, 5.74) is 1.99. The quantitative estimate of drug-likeness (QED) is 0.576. The number of aromatic nitrogens is 1. The Bertz CT molecular complexity index is 983. The zero-order chi connectivity index (χ0) is 20.8. The highest BCUT2D eigenvalue weighted by Crippen LogP contribution is 2.33. The van der Waals surface area contributed by atoms with Gasteiger partial charge in [-0.15, -0.1) is 0 Å². The third-order valence-electron chi connectivity index (χ3n) is 4.43. The van der Waals surface area contributed by atoms with Crippen LogP contribution in [0.2, 0.25) is 0 Å². The van der Waals surface area contributed by atoms with Crippen LogP contribution in [0.15, 0.2) is 53.1 Å². The van der Waals surface area contributed by atoms with Gasteiger partial charge in [0.15, 0.2) is 11.5 Å². The first-order valence-electron chi connectivity index (χ1n) is 9.16. The van der Waals surface area contributed by atoms with Crippen LogP contribution in [0.3, 0.4) is 0 Å². The van der Waals surface area contributed by atoms with Gasteiger partial charge in [-0.1, -0.05) is 17.3 Å². The number of nitrogens with zero attached hydrogens (tertiary/aromatic N) is 2. The Balaban J connectivity index is 1.66. The molecule has 152 valence electrons. The molecule has 3 aromatic rings. The van der Waals surface area contributed by atoms with Gasteiger partial charge in [-0.2, -0.15) is 0 Å². The molecule has 2 aromatic carbocycles. The molecule has 7 heteroatoms. The van der Waals surface area contributed by atoms with Crippen LogP contribution in [0.4, 0.5) is 0 Å². The lowest BCUT2D eigenvalue weighted by atomic mass is 10.1. The van der Waals surface area contributed by atoms with E-state index in [9.17, 15) is 4.79 Å². The molecule has 0 unspecified atom stereocenters. The van der Waals surface area contributed by atoms with Crippen molar-refractivity contribution in [1.82, 2.24) is 10.1 Å². The van der Waals surface area contributed by atoms with Gasteiger partial charge >= 0.3 is 0 Å². The van der Waals surface area contributed by atoms with Crippen molar-refractivity contribution >= 4 is 5.91 Å². The van der Waals surface area contributed by atoms with Crippen LogP contribution in [-0.4, -0.2) is 50.4 Å². The summed E-state index contributed by atoms with van der Waals surface area (Å²) >= 11 is 0. The molecule has 0 aliphatic carbocycles. The highest BCUT2D eigenvalue weighted by Gasteiger charge is 2.20. The Labute approximate surface area is 169 Å². The fraction of sp³-hybridized carbons (Fsp3) is 0.273. The van der Waals surface area contributed by atoms with E-state index in [0.717, 1.165) is 11.3 Å². The van der Waals surface area contributed by atoms with E-state index in [-0.39, 0.29) is 11.6 Å². The van der Waals surface area contributed by atoms with Crippen molar-refractivity contribution in [3.8, 4) is 28.6 Å². The standard InChI is InChI=1S/C22H24N2O5/c1-15-6-5-7-17(12-15)28-11-10-24(2)22(25)19-14-21(29-23-19)18-13-16(26-3)8-9-20(18)27-4/h5-9,12-14H,10-11H2,1-4H3. The SMILES string of the molecule is COc1ccc(OC)c(-c2cc(C(=O)N(C)CCOc3cccc(C)c3)no2)c1. The highest BCUT2D eigenvalue weighted by molar-refractivity contribution is 5.93. The highest BCUT2D eigenvalue weighted by atomic mass is 16.5. The number of hydrogen-bond acceptors (Lipinski definition) is 6. The molecule has 0 saturated carbocycles. The molecule has 0 aliphatic heterocycles. The first kappa shape index (κ1) is 20.3. The number of ether oxygens (including phenoxy) is 3.